The van der Waals surface area contributed by atoms with Crippen molar-refractivity contribution in [2.24, 2.45) is 4.99 Å². The Kier molecular flexibility index (Phi) is 5.17. The van der Waals surface area contributed by atoms with Gasteiger partial charge in [-0.2, -0.15) is 0 Å². The van der Waals surface area contributed by atoms with E-state index in [-0.39, 0.29) is 24.5 Å². The summed E-state index contributed by atoms with van der Waals surface area (Å²) in [6.07, 6.45) is -2.69. The van der Waals surface area contributed by atoms with Crippen LogP contribution in [0.2, 0.25) is 0 Å². The number of amidine groups is 1. The first-order chi connectivity index (χ1) is 11.1. The van der Waals surface area contributed by atoms with Crippen LogP contribution in [0.1, 0.15) is 5.56 Å². The molecule has 0 radical (unpaired) electrons. The average molecular weight is 342 g/mol. The Morgan fingerprint density at radius 1 is 1.30 bits per heavy atom. The molecule has 2 heterocycles. The number of benzene rings is 1. The predicted molar refractivity (Wildman–Crippen MR) is 84.6 cm³/mol. The third-order valence-corrected chi connectivity index (χ3v) is 5.00. The molecule has 2 aliphatic heterocycles. The lowest BCUT2D eigenvalue weighted by molar-refractivity contribution is -0.171. The van der Waals surface area contributed by atoms with Crippen LogP contribution in [-0.2, 0) is 16.1 Å². The quantitative estimate of drug-likeness (QED) is 0.738. The summed E-state index contributed by atoms with van der Waals surface area (Å²) in [5, 5.41) is 24.0. The zero-order valence-electron chi connectivity index (χ0n) is 12.6. The summed E-state index contributed by atoms with van der Waals surface area (Å²) in [4.78, 5) is 4.29. The maximum atomic E-state index is 12.8. The molecule has 0 aliphatic carbocycles. The van der Waals surface area contributed by atoms with Crippen LogP contribution in [0.15, 0.2) is 29.3 Å². The first-order valence-electron chi connectivity index (χ1n) is 7.34. The van der Waals surface area contributed by atoms with Gasteiger partial charge >= 0.3 is 0 Å². The van der Waals surface area contributed by atoms with E-state index in [1.807, 2.05) is 0 Å². The Morgan fingerprint density at radius 2 is 2.04 bits per heavy atom. The Morgan fingerprint density at radius 3 is 2.74 bits per heavy atom. The van der Waals surface area contributed by atoms with Crippen LogP contribution in [0.4, 0.5) is 4.39 Å². The minimum atomic E-state index is -1.06. The highest BCUT2D eigenvalue weighted by Crippen LogP contribution is 2.35. The SMILES string of the molecule is CNC1=N[C@@H]2[C@@H](O)[C@H](O)[C@@H](COCc3ccc(F)cc3)O[C@@H]2S1. The maximum absolute atomic E-state index is 12.8. The van der Waals surface area contributed by atoms with Crippen LogP contribution in [0, 0.1) is 5.82 Å². The molecule has 1 aromatic carbocycles. The molecule has 8 heteroatoms. The highest BCUT2D eigenvalue weighted by molar-refractivity contribution is 8.14. The minimum absolute atomic E-state index is 0.133. The van der Waals surface area contributed by atoms with E-state index in [9.17, 15) is 14.6 Å². The maximum Gasteiger partial charge on any atom is 0.159 e. The van der Waals surface area contributed by atoms with E-state index < -0.39 is 24.4 Å². The Balaban J connectivity index is 1.54. The number of nitrogens with zero attached hydrogens (tertiary/aromatic N) is 1. The lowest BCUT2D eigenvalue weighted by Crippen LogP contribution is -2.56. The second-order valence-corrected chi connectivity index (χ2v) is 6.55. The summed E-state index contributed by atoms with van der Waals surface area (Å²) in [7, 11) is 1.75. The van der Waals surface area contributed by atoms with Gasteiger partial charge in [-0.25, -0.2) is 4.39 Å². The monoisotopic (exact) mass is 342 g/mol. The first kappa shape index (κ1) is 16.7. The normalized spacial score (nSPS) is 33.2. The van der Waals surface area contributed by atoms with E-state index in [1.165, 1.54) is 23.9 Å². The molecule has 2 aliphatic rings. The summed E-state index contributed by atoms with van der Waals surface area (Å²) in [5.74, 6) is -0.299. The molecule has 1 fully saturated rings. The molecule has 0 saturated carbocycles. The minimum Gasteiger partial charge on any atom is -0.388 e. The van der Waals surface area contributed by atoms with Crippen molar-refractivity contribution in [1.29, 1.82) is 0 Å². The Hall–Kier alpha value is -1.19. The van der Waals surface area contributed by atoms with Crippen LogP contribution in [0.3, 0.4) is 0 Å². The van der Waals surface area contributed by atoms with Crippen molar-refractivity contribution in [3.63, 3.8) is 0 Å². The largest absolute Gasteiger partial charge is 0.388 e. The highest BCUT2D eigenvalue weighted by Gasteiger charge is 2.48. The molecule has 0 spiro atoms. The van der Waals surface area contributed by atoms with E-state index in [1.54, 1.807) is 19.2 Å². The summed E-state index contributed by atoms with van der Waals surface area (Å²) < 4.78 is 24.2. The van der Waals surface area contributed by atoms with Gasteiger partial charge in [-0.1, -0.05) is 23.9 Å². The second-order valence-electron chi connectivity index (χ2n) is 5.46. The van der Waals surface area contributed by atoms with Gasteiger partial charge < -0.3 is 25.0 Å². The van der Waals surface area contributed by atoms with Gasteiger partial charge in [0.15, 0.2) is 5.17 Å². The smallest absolute Gasteiger partial charge is 0.159 e. The van der Waals surface area contributed by atoms with Gasteiger partial charge in [-0.3, -0.25) is 4.99 Å². The molecule has 0 bridgehead atoms. The number of aliphatic hydroxyl groups excluding tert-OH is 2. The number of hydrogen-bond acceptors (Lipinski definition) is 7. The van der Waals surface area contributed by atoms with Gasteiger partial charge in [0.25, 0.3) is 0 Å². The average Bonchev–Trinajstić information content (AvgIpc) is 2.97. The summed E-state index contributed by atoms with van der Waals surface area (Å²) in [5.41, 5.74) is 0.487. The summed E-state index contributed by atoms with van der Waals surface area (Å²) >= 11 is 1.38. The van der Waals surface area contributed by atoms with E-state index in [0.717, 1.165) is 5.56 Å². The van der Waals surface area contributed by atoms with Gasteiger partial charge in [0.2, 0.25) is 0 Å². The van der Waals surface area contributed by atoms with Crippen LogP contribution in [0.5, 0.6) is 0 Å². The third-order valence-electron chi connectivity index (χ3n) is 3.84. The lowest BCUT2D eigenvalue weighted by Gasteiger charge is -2.38. The van der Waals surface area contributed by atoms with Crippen LogP contribution >= 0.6 is 11.8 Å². The van der Waals surface area contributed by atoms with E-state index in [0.29, 0.717) is 5.17 Å². The van der Waals surface area contributed by atoms with Crippen LogP contribution < -0.4 is 5.32 Å². The van der Waals surface area contributed by atoms with Gasteiger partial charge in [0, 0.05) is 7.05 Å². The van der Waals surface area contributed by atoms with Crippen LogP contribution in [-0.4, -0.2) is 58.8 Å². The topological polar surface area (TPSA) is 83.3 Å². The van der Waals surface area contributed by atoms with Crippen LogP contribution in [0.25, 0.3) is 0 Å². The predicted octanol–water partition coefficient (Wildman–Crippen LogP) is 0.480. The molecule has 5 atom stereocenters. The van der Waals surface area contributed by atoms with Crippen molar-refractivity contribution < 1.29 is 24.1 Å². The number of thioether (sulfide) groups is 1. The number of halogens is 1. The second kappa shape index (κ2) is 7.14. The van der Waals surface area contributed by atoms with Crippen molar-refractivity contribution in [2.45, 2.75) is 36.4 Å². The number of ether oxygens (including phenoxy) is 2. The number of aliphatic imine (C=N–C) groups is 1. The molecule has 1 aromatic rings. The van der Waals surface area contributed by atoms with E-state index >= 15 is 0 Å². The van der Waals surface area contributed by atoms with Gasteiger partial charge in [-0.05, 0) is 17.7 Å². The van der Waals surface area contributed by atoms with Crippen molar-refractivity contribution in [1.82, 2.24) is 5.32 Å². The molecule has 3 N–H and O–H groups in total. The molecule has 0 amide bonds. The third kappa shape index (κ3) is 3.67. The molecule has 23 heavy (non-hydrogen) atoms. The van der Waals surface area contributed by atoms with Crippen molar-refractivity contribution in [2.75, 3.05) is 13.7 Å². The fourth-order valence-corrected chi connectivity index (χ4v) is 3.64. The molecule has 3 rings (SSSR count). The summed E-state index contributed by atoms with van der Waals surface area (Å²) in [6, 6.07) is 5.53. The van der Waals surface area contributed by atoms with Gasteiger partial charge in [0.05, 0.1) is 13.2 Å². The number of aliphatic hydroxyl groups is 2. The first-order valence-corrected chi connectivity index (χ1v) is 8.22. The molecular weight excluding hydrogens is 323 g/mol. The molecule has 6 nitrogen and oxygen atoms in total. The molecular formula is C15H19FN2O4S. The molecule has 1 saturated heterocycles. The standard InChI is InChI=1S/C15H19FN2O4S/c1-17-15-18-11-13(20)12(19)10(22-14(11)23-15)7-21-6-8-2-4-9(16)5-3-8/h2-5,10-14,19-20H,6-7H2,1H3,(H,17,18)/t10-,11-,12-,13-,14-/m1/s1. The van der Waals surface area contributed by atoms with Crippen molar-refractivity contribution in [3.05, 3.63) is 35.6 Å². The van der Waals surface area contributed by atoms with Crippen molar-refractivity contribution >= 4 is 16.9 Å². The lowest BCUT2D eigenvalue weighted by atomic mass is 9.99. The summed E-state index contributed by atoms with van der Waals surface area (Å²) in [6.45, 7) is 0.413. The number of hydrogen-bond donors (Lipinski definition) is 3. The van der Waals surface area contributed by atoms with Crippen molar-refractivity contribution in [3.8, 4) is 0 Å². The number of rotatable bonds is 4. The zero-order chi connectivity index (χ0) is 16.4. The van der Waals surface area contributed by atoms with E-state index in [2.05, 4.69) is 10.3 Å². The Labute approximate surface area is 137 Å². The number of fused-ring (bicyclic) bond motifs is 1. The molecule has 0 unspecified atom stereocenters. The zero-order valence-corrected chi connectivity index (χ0v) is 13.4. The highest BCUT2D eigenvalue weighted by atomic mass is 32.2. The van der Waals surface area contributed by atoms with Gasteiger partial charge in [0.1, 0.15) is 35.6 Å². The number of nitrogens with one attached hydrogen (secondary N) is 1. The molecule has 126 valence electrons. The molecule has 0 aromatic heterocycles. The van der Waals surface area contributed by atoms with Gasteiger partial charge in [-0.15, -0.1) is 0 Å². The van der Waals surface area contributed by atoms with E-state index in [4.69, 9.17) is 9.47 Å². The fraction of sp³-hybridized carbons (Fsp3) is 0.533. The Bertz CT molecular complexity index is 571. The fourth-order valence-electron chi connectivity index (χ4n) is 2.56.